The van der Waals surface area contributed by atoms with Crippen molar-refractivity contribution in [1.29, 1.82) is 0 Å². The molecule has 1 amide bonds. The summed E-state index contributed by atoms with van der Waals surface area (Å²) in [6.07, 6.45) is 1.31. The Labute approximate surface area is 190 Å². The summed E-state index contributed by atoms with van der Waals surface area (Å²) < 4.78 is 21.1. The second-order valence-electron chi connectivity index (χ2n) is 8.26. The van der Waals surface area contributed by atoms with E-state index in [2.05, 4.69) is 16.7 Å². The number of amides is 1. The lowest BCUT2D eigenvalue weighted by Gasteiger charge is -2.36. The number of aryl methyl sites for hydroxylation is 1. The van der Waals surface area contributed by atoms with E-state index < -0.39 is 0 Å². The lowest BCUT2D eigenvalue weighted by atomic mass is 10.1. The third-order valence-electron chi connectivity index (χ3n) is 6.06. The Morgan fingerprint density at radius 1 is 1.22 bits per heavy atom. The van der Waals surface area contributed by atoms with Gasteiger partial charge in [-0.3, -0.25) is 4.79 Å². The lowest BCUT2D eigenvalue weighted by Crippen LogP contribution is -2.47. The Morgan fingerprint density at radius 2 is 1.97 bits per heavy atom. The molecule has 0 aliphatic carbocycles. The molecular weight excluding hydrogens is 409 g/mol. The minimum absolute atomic E-state index is 0.115. The highest BCUT2D eigenvalue weighted by Crippen LogP contribution is 2.30. The third kappa shape index (κ3) is 5.66. The molecule has 0 N–H and O–H groups in total. The number of methoxy groups -OCH3 is 1. The molecule has 1 aliphatic heterocycles. The number of aromatic nitrogens is 2. The van der Waals surface area contributed by atoms with Crippen LogP contribution >= 0.6 is 0 Å². The number of rotatable bonds is 10. The van der Waals surface area contributed by atoms with Gasteiger partial charge >= 0.3 is 0 Å². The maximum absolute atomic E-state index is 14.0. The van der Waals surface area contributed by atoms with Crippen LogP contribution in [-0.2, 0) is 16.1 Å². The summed E-state index contributed by atoms with van der Waals surface area (Å²) in [5.41, 5.74) is 2.56. The number of anilines is 1. The third-order valence-corrected chi connectivity index (χ3v) is 6.06. The summed E-state index contributed by atoms with van der Waals surface area (Å²) in [6.45, 7) is 12.3. The SMILES string of the molecule is CCCC(=O)N(CCOC)Cc1c(C)nn(-c2cccc(F)c2)c1N1CCN(CC)CC1. The van der Waals surface area contributed by atoms with E-state index in [1.54, 1.807) is 13.2 Å². The van der Waals surface area contributed by atoms with Gasteiger partial charge in [-0.15, -0.1) is 0 Å². The first-order valence-electron chi connectivity index (χ1n) is 11.6. The van der Waals surface area contributed by atoms with Crippen LogP contribution in [0.4, 0.5) is 10.2 Å². The number of piperazine rings is 1. The molecule has 2 aromatic rings. The van der Waals surface area contributed by atoms with Crippen molar-refractivity contribution in [2.24, 2.45) is 0 Å². The van der Waals surface area contributed by atoms with Gasteiger partial charge in [0.25, 0.3) is 0 Å². The average molecular weight is 446 g/mol. The zero-order valence-electron chi connectivity index (χ0n) is 19.8. The summed E-state index contributed by atoms with van der Waals surface area (Å²) in [6, 6.07) is 6.52. The van der Waals surface area contributed by atoms with E-state index in [0.29, 0.717) is 31.8 Å². The zero-order valence-corrected chi connectivity index (χ0v) is 19.8. The van der Waals surface area contributed by atoms with E-state index >= 15 is 0 Å². The molecule has 8 heteroatoms. The first-order valence-corrected chi connectivity index (χ1v) is 11.6. The highest BCUT2D eigenvalue weighted by Gasteiger charge is 2.27. The van der Waals surface area contributed by atoms with Crippen LogP contribution in [0.1, 0.15) is 37.9 Å². The number of halogens is 1. The summed E-state index contributed by atoms with van der Waals surface area (Å²) in [5.74, 6) is 0.776. The van der Waals surface area contributed by atoms with Crippen LogP contribution < -0.4 is 4.90 Å². The number of nitrogens with zero attached hydrogens (tertiary/aromatic N) is 5. The quantitative estimate of drug-likeness (QED) is 0.562. The number of benzene rings is 1. The minimum Gasteiger partial charge on any atom is -0.383 e. The van der Waals surface area contributed by atoms with E-state index in [1.807, 2.05) is 29.5 Å². The van der Waals surface area contributed by atoms with E-state index in [0.717, 1.165) is 56.2 Å². The van der Waals surface area contributed by atoms with Gasteiger partial charge in [0.1, 0.15) is 11.6 Å². The van der Waals surface area contributed by atoms with E-state index in [-0.39, 0.29) is 11.7 Å². The Bertz CT molecular complexity index is 893. The molecule has 2 heterocycles. The van der Waals surface area contributed by atoms with Gasteiger partial charge in [0.05, 0.1) is 24.5 Å². The van der Waals surface area contributed by atoms with Crippen LogP contribution in [0.5, 0.6) is 0 Å². The molecule has 0 saturated carbocycles. The lowest BCUT2D eigenvalue weighted by molar-refractivity contribution is -0.132. The van der Waals surface area contributed by atoms with Crippen LogP contribution in [0.15, 0.2) is 24.3 Å². The first kappa shape index (κ1) is 24.2. The molecule has 3 rings (SSSR count). The molecule has 1 fully saturated rings. The predicted octanol–water partition coefficient (Wildman–Crippen LogP) is 3.24. The van der Waals surface area contributed by atoms with Gasteiger partial charge in [0, 0.05) is 51.8 Å². The predicted molar refractivity (Wildman–Crippen MR) is 125 cm³/mol. The Hall–Kier alpha value is -2.45. The van der Waals surface area contributed by atoms with Gasteiger partial charge in [-0.2, -0.15) is 5.10 Å². The Balaban J connectivity index is 2.01. The molecule has 0 bridgehead atoms. The summed E-state index contributed by atoms with van der Waals surface area (Å²) >= 11 is 0. The number of carbonyl (C=O) groups is 1. The Morgan fingerprint density at radius 3 is 2.59 bits per heavy atom. The molecule has 0 radical (unpaired) electrons. The second-order valence-corrected chi connectivity index (χ2v) is 8.26. The number of carbonyl (C=O) groups excluding carboxylic acids is 1. The maximum Gasteiger partial charge on any atom is 0.222 e. The second kappa shape index (κ2) is 11.4. The van der Waals surface area contributed by atoms with Gasteiger partial charge in [-0.25, -0.2) is 9.07 Å². The number of hydrogen-bond donors (Lipinski definition) is 0. The van der Waals surface area contributed by atoms with Crippen molar-refractivity contribution in [3.63, 3.8) is 0 Å². The standard InChI is InChI=1S/C24H36FN5O2/c1-5-8-23(31)29(15-16-32-4)18-22-19(3)26-30(21-10-7-9-20(25)17-21)24(22)28-13-11-27(6-2)12-14-28/h7,9-10,17H,5-6,8,11-16,18H2,1-4H3. The molecule has 0 spiro atoms. The average Bonchev–Trinajstić information content (AvgIpc) is 3.12. The van der Waals surface area contributed by atoms with E-state index in [1.165, 1.54) is 12.1 Å². The van der Waals surface area contributed by atoms with Crippen molar-refractivity contribution in [2.75, 3.05) is 57.9 Å². The molecule has 1 saturated heterocycles. The molecule has 176 valence electrons. The van der Waals surface area contributed by atoms with Crippen molar-refractivity contribution in [2.45, 2.75) is 40.2 Å². The fraction of sp³-hybridized carbons (Fsp3) is 0.583. The normalized spacial score (nSPS) is 14.7. The van der Waals surface area contributed by atoms with E-state index in [4.69, 9.17) is 9.84 Å². The molecule has 7 nitrogen and oxygen atoms in total. The molecule has 32 heavy (non-hydrogen) atoms. The van der Waals surface area contributed by atoms with Crippen molar-refractivity contribution in [3.05, 3.63) is 41.3 Å². The largest absolute Gasteiger partial charge is 0.383 e. The zero-order chi connectivity index (χ0) is 23.1. The van der Waals surface area contributed by atoms with Crippen LogP contribution in [0.2, 0.25) is 0 Å². The van der Waals surface area contributed by atoms with Gasteiger partial charge in [0.15, 0.2) is 0 Å². The van der Waals surface area contributed by atoms with E-state index in [9.17, 15) is 9.18 Å². The fourth-order valence-corrected chi connectivity index (χ4v) is 4.18. The van der Waals surface area contributed by atoms with Gasteiger partial charge < -0.3 is 19.4 Å². The number of ether oxygens (including phenoxy) is 1. The molecular formula is C24H36FN5O2. The first-order chi connectivity index (χ1) is 15.5. The highest BCUT2D eigenvalue weighted by atomic mass is 19.1. The minimum atomic E-state index is -0.293. The number of likely N-dealkylation sites (N-methyl/N-ethyl adjacent to an activating group) is 1. The molecule has 0 atom stereocenters. The highest BCUT2D eigenvalue weighted by molar-refractivity contribution is 5.76. The maximum atomic E-state index is 14.0. The Kier molecular flexibility index (Phi) is 8.64. The van der Waals surface area contributed by atoms with Crippen molar-refractivity contribution in [1.82, 2.24) is 19.6 Å². The monoisotopic (exact) mass is 445 g/mol. The van der Waals surface area contributed by atoms with Gasteiger partial charge in [0.2, 0.25) is 5.91 Å². The van der Waals surface area contributed by atoms with Crippen molar-refractivity contribution >= 4 is 11.7 Å². The van der Waals surface area contributed by atoms with Crippen LogP contribution in [-0.4, -0.2) is 78.5 Å². The summed E-state index contributed by atoms with van der Waals surface area (Å²) in [5, 5.41) is 4.80. The molecule has 1 aromatic carbocycles. The van der Waals surface area contributed by atoms with Crippen LogP contribution in [0.25, 0.3) is 5.69 Å². The molecule has 1 aliphatic rings. The van der Waals surface area contributed by atoms with Crippen molar-refractivity contribution in [3.8, 4) is 5.69 Å². The summed E-state index contributed by atoms with van der Waals surface area (Å²) in [7, 11) is 1.65. The van der Waals surface area contributed by atoms with Gasteiger partial charge in [-0.05, 0) is 38.1 Å². The molecule has 0 unspecified atom stereocenters. The topological polar surface area (TPSA) is 53.8 Å². The van der Waals surface area contributed by atoms with Gasteiger partial charge in [-0.1, -0.05) is 19.9 Å². The fourth-order valence-electron chi connectivity index (χ4n) is 4.18. The van der Waals surface area contributed by atoms with Crippen LogP contribution in [0.3, 0.4) is 0 Å². The smallest absolute Gasteiger partial charge is 0.222 e. The van der Waals surface area contributed by atoms with Crippen molar-refractivity contribution < 1.29 is 13.9 Å². The van der Waals surface area contributed by atoms with Crippen LogP contribution in [0, 0.1) is 12.7 Å². The summed E-state index contributed by atoms with van der Waals surface area (Å²) in [4.78, 5) is 19.4. The number of hydrogen-bond acceptors (Lipinski definition) is 5. The molecule has 1 aromatic heterocycles.